The number of anilines is 1. The zero-order valence-corrected chi connectivity index (χ0v) is 12.1. The Morgan fingerprint density at radius 2 is 2.05 bits per heavy atom. The lowest BCUT2D eigenvalue weighted by atomic mass is 10.1. The van der Waals surface area contributed by atoms with Crippen LogP contribution in [0.25, 0.3) is 0 Å². The number of hydrogen-bond acceptors (Lipinski definition) is 2. The summed E-state index contributed by atoms with van der Waals surface area (Å²) in [7, 11) is 0. The van der Waals surface area contributed by atoms with E-state index in [2.05, 4.69) is 21.2 Å². The fourth-order valence-electron chi connectivity index (χ4n) is 1.63. The minimum absolute atomic E-state index is 0.311. The largest absolute Gasteiger partial charge is 0.381 e. The fraction of sp³-hybridized carbons (Fsp3) is 0.0714. The van der Waals surface area contributed by atoms with E-state index in [4.69, 9.17) is 16.9 Å². The SMILES string of the molecule is N#Cc1cc(F)cc(CNc2ccc(Br)c(Cl)c2)c1. The molecule has 0 saturated carbocycles. The highest BCUT2D eigenvalue weighted by molar-refractivity contribution is 9.10. The summed E-state index contributed by atoms with van der Waals surface area (Å²) in [5.41, 5.74) is 1.84. The van der Waals surface area contributed by atoms with Crippen molar-refractivity contribution in [1.29, 1.82) is 5.26 Å². The Balaban J connectivity index is 2.12. The number of halogens is 3. The third-order valence-electron chi connectivity index (χ3n) is 2.50. The third kappa shape index (κ3) is 3.69. The summed E-state index contributed by atoms with van der Waals surface area (Å²) < 4.78 is 14.1. The Kier molecular flexibility index (Phi) is 4.41. The van der Waals surface area contributed by atoms with Crippen molar-refractivity contribution in [2.24, 2.45) is 0 Å². The first-order valence-electron chi connectivity index (χ1n) is 5.47. The molecule has 0 spiro atoms. The van der Waals surface area contributed by atoms with E-state index in [0.29, 0.717) is 22.7 Å². The number of benzene rings is 2. The first kappa shape index (κ1) is 13.9. The molecule has 0 radical (unpaired) electrons. The lowest BCUT2D eigenvalue weighted by Crippen LogP contribution is -2.00. The predicted molar refractivity (Wildman–Crippen MR) is 77.6 cm³/mol. The highest BCUT2D eigenvalue weighted by Crippen LogP contribution is 2.25. The van der Waals surface area contributed by atoms with E-state index in [0.717, 1.165) is 10.2 Å². The predicted octanol–water partition coefficient (Wildman–Crippen LogP) is 4.73. The standard InChI is InChI=1S/C14H9BrClFN2/c15-13-2-1-12(6-14(13)16)19-8-10-3-9(7-18)4-11(17)5-10/h1-6,19H,8H2. The van der Waals surface area contributed by atoms with Crippen LogP contribution >= 0.6 is 27.5 Å². The fourth-order valence-corrected chi connectivity index (χ4v) is 2.05. The average Bonchev–Trinajstić information content (AvgIpc) is 2.39. The van der Waals surface area contributed by atoms with Crippen molar-refractivity contribution in [1.82, 2.24) is 0 Å². The quantitative estimate of drug-likeness (QED) is 0.878. The molecule has 0 amide bonds. The molecule has 0 aliphatic heterocycles. The smallest absolute Gasteiger partial charge is 0.124 e. The number of nitriles is 1. The number of nitrogens with one attached hydrogen (secondary N) is 1. The third-order valence-corrected chi connectivity index (χ3v) is 3.74. The normalized spacial score (nSPS) is 10.0. The van der Waals surface area contributed by atoms with E-state index in [9.17, 15) is 4.39 Å². The summed E-state index contributed by atoms with van der Waals surface area (Å²) in [6.07, 6.45) is 0. The van der Waals surface area contributed by atoms with Gasteiger partial charge in [0.2, 0.25) is 0 Å². The Bertz CT molecular complexity index is 652. The Hall–Kier alpha value is -1.57. The Morgan fingerprint density at radius 3 is 2.74 bits per heavy atom. The molecule has 0 atom stereocenters. The second-order valence-corrected chi connectivity index (χ2v) is 5.20. The number of hydrogen-bond donors (Lipinski definition) is 1. The minimum atomic E-state index is -0.412. The molecule has 0 heterocycles. The Labute approximate surface area is 123 Å². The van der Waals surface area contributed by atoms with Crippen molar-refractivity contribution in [3.63, 3.8) is 0 Å². The van der Waals surface area contributed by atoms with Gasteiger partial charge in [-0.15, -0.1) is 0 Å². The number of rotatable bonds is 3. The average molecular weight is 340 g/mol. The van der Waals surface area contributed by atoms with Crippen molar-refractivity contribution >= 4 is 33.2 Å². The summed E-state index contributed by atoms with van der Waals surface area (Å²) in [6, 6.07) is 11.6. The number of nitrogens with zero attached hydrogens (tertiary/aromatic N) is 1. The molecule has 0 unspecified atom stereocenters. The van der Waals surface area contributed by atoms with Crippen LogP contribution in [0.4, 0.5) is 10.1 Å². The molecule has 2 rings (SSSR count). The van der Waals surface area contributed by atoms with Gasteiger partial charge in [-0.2, -0.15) is 5.26 Å². The van der Waals surface area contributed by atoms with Crippen LogP contribution in [0.15, 0.2) is 40.9 Å². The van der Waals surface area contributed by atoms with Gasteiger partial charge >= 0.3 is 0 Å². The van der Waals surface area contributed by atoms with Crippen LogP contribution in [0, 0.1) is 17.1 Å². The van der Waals surface area contributed by atoms with E-state index in [1.807, 2.05) is 18.2 Å². The molecule has 0 aromatic heterocycles. The second kappa shape index (κ2) is 6.05. The van der Waals surface area contributed by atoms with Crippen LogP contribution in [0.5, 0.6) is 0 Å². The van der Waals surface area contributed by atoms with Crippen molar-refractivity contribution in [2.45, 2.75) is 6.54 Å². The molecular weight excluding hydrogens is 331 g/mol. The summed E-state index contributed by atoms with van der Waals surface area (Å²) in [6.45, 7) is 0.421. The summed E-state index contributed by atoms with van der Waals surface area (Å²) in [5.74, 6) is -0.412. The molecule has 2 aromatic carbocycles. The van der Waals surface area contributed by atoms with Crippen LogP contribution < -0.4 is 5.32 Å². The van der Waals surface area contributed by atoms with E-state index >= 15 is 0 Å². The molecule has 0 aliphatic carbocycles. The first-order valence-corrected chi connectivity index (χ1v) is 6.64. The van der Waals surface area contributed by atoms with Gasteiger partial charge in [0, 0.05) is 16.7 Å². The van der Waals surface area contributed by atoms with Crippen molar-refractivity contribution < 1.29 is 4.39 Å². The van der Waals surface area contributed by atoms with Crippen LogP contribution in [-0.2, 0) is 6.54 Å². The molecule has 0 fully saturated rings. The molecule has 96 valence electrons. The van der Waals surface area contributed by atoms with E-state index < -0.39 is 5.82 Å². The first-order chi connectivity index (χ1) is 9.08. The van der Waals surface area contributed by atoms with Crippen LogP contribution in [0.2, 0.25) is 5.02 Å². The highest BCUT2D eigenvalue weighted by Gasteiger charge is 2.02. The van der Waals surface area contributed by atoms with Gasteiger partial charge in [0.05, 0.1) is 16.7 Å². The van der Waals surface area contributed by atoms with E-state index in [-0.39, 0.29) is 0 Å². The van der Waals surface area contributed by atoms with Gasteiger partial charge in [0.1, 0.15) is 5.82 Å². The van der Waals surface area contributed by atoms with Crippen molar-refractivity contribution in [2.75, 3.05) is 5.32 Å². The van der Waals surface area contributed by atoms with Gasteiger partial charge in [-0.3, -0.25) is 0 Å². The maximum absolute atomic E-state index is 13.3. The maximum Gasteiger partial charge on any atom is 0.124 e. The zero-order chi connectivity index (χ0) is 13.8. The van der Waals surface area contributed by atoms with Crippen LogP contribution in [-0.4, -0.2) is 0 Å². The van der Waals surface area contributed by atoms with Crippen molar-refractivity contribution in [3.8, 4) is 6.07 Å². The second-order valence-electron chi connectivity index (χ2n) is 3.94. The highest BCUT2D eigenvalue weighted by atomic mass is 79.9. The lowest BCUT2D eigenvalue weighted by Gasteiger charge is -2.08. The zero-order valence-electron chi connectivity index (χ0n) is 9.75. The molecular formula is C14H9BrClFN2. The van der Waals surface area contributed by atoms with Gasteiger partial charge in [-0.25, -0.2) is 4.39 Å². The van der Waals surface area contributed by atoms with Gasteiger partial charge < -0.3 is 5.32 Å². The van der Waals surface area contributed by atoms with Gasteiger partial charge in [-0.05, 0) is 57.9 Å². The summed E-state index contributed by atoms with van der Waals surface area (Å²) >= 11 is 9.29. The van der Waals surface area contributed by atoms with Crippen LogP contribution in [0.3, 0.4) is 0 Å². The van der Waals surface area contributed by atoms with Gasteiger partial charge in [0.25, 0.3) is 0 Å². The van der Waals surface area contributed by atoms with Gasteiger partial charge in [-0.1, -0.05) is 11.6 Å². The molecule has 5 heteroatoms. The maximum atomic E-state index is 13.3. The topological polar surface area (TPSA) is 35.8 Å². The van der Waals surface area contributed by atoms with Crippen molar-refractivity contribution in [3.05, 3.63) is 62.8 Å². The van der Waals surface area contributed by atoms with Crippen LogP contribution in [0.1, 0.15) is 11.1 Å². The molecule has 2 nitrogen and oxygen atoms in total. The molecule has 0 aliphatic rings. The lowest BCUT2D eigenvalue weighted by molar-refractivity contribution is 0.625. The molecule has 0 saturated heterocycles. The van der Waals surface area contributed by atoms with E-state index in [1.165, 1.54) is 12.1 Å². The van der Waals surface area contributed by atoms with Gasteiger partial charge in [0.15, 0.2) is 0 Å². The summed E-state index contributed by atoms with van der Waals surface area (Å²) in [5, 5.41) is 12.5. The molecule has 19 heavy (non-hydrogen) atoms. The molecule has 1 N–H and O–H groups in total. The molecule has 0 bridgehead atoms. The summed E-state index contributed by atoms with van der Waals surface area (Å²) in [4.78, 5) is 0. The monoisotopic (exact) mass is 338 g/mol. The van der Waals surface area contributed by atoms with E-state index in [1.54, 1.807) is 12.1 Å². The Morgan fingerprint density at radius 1 is 1.26 bits per heavy atom. The molecule has 2 aromatic rings. The minimum Gasteiger partial charge on any atom is -0.381 e.